The number of nitrogens with one attached hydrogen (secondary N) is 2. The number of H-pyrrole nitrogens is 1. The van der Waals surface area contributed by atoms with Gasteiger partial charge in [0, 0.05) is 48.4 Å². The largest absolute Gasteiger partial charge is 0.381 e. The Hall–Kier alpha value is -2.30. The zero-order valence-electron chi connectivity index (χ0n) is 15.4. The third-order valence-electron chi connectivity index (χ3n) is 4.67. The molecule has 1 amide bonds. The number of rotatable bonds is 5. The molecule has 2 aromatic rings. The van der Waals surface area contributed by atoms with Crippen LogP contribution >= 0.6 is 0 Å². The monoisotopic (exact) mass is 340 g/mol. The summed E-state index contributed by atoms with van der Waals surface area (Å²) in [5.41, 5.74) is 4.63. The van der Waals surface area contributed by atoms with Gasteiger partial charge >= 0.3 is 0 Å². The lowest BCUT2D eigenvalue weighted by molar-refractivity contribution is -0.133. The standard InChI is InChI=1S/C20H28N4O/c1-20(2,3)19-16(13-22-23-19)12-21-17-8-6-7-15(11-17)14-24-10-5-4-9-18(24)25/h6-8,11,13,21H,4-5,9-10,12,14H2,1-3H3,(H,22,23). The fraction of sp³-hybridized carbons (Fsp3) is 0.500. The van der Waals surface area contributed by atoms with Crippen molar-refractivity contribution < 1.29 is 4.79 Å². The summed E-state index contributed by atoms with van der Waals surface area (Å²) in [5.74, 6) is 0.276. The molecule has 1 aliphatic heterocycles. The van der Waals surface area contributed by atoms with E-state index in [0.717, 1.165) is 37.3 Å². The summed E-state index contributed by atoms with van der Waals surface area (Å²) in [6.07, 6.45) is 4.72. The first kappa shape index (κ1) is 17.5. The molecular formula is C20H28N4O. The first-order chi connectivity index (χ1) is 11.9. The molecule has 1 aromatic carbocycles. The van der Waals surface area contributed by atoms with E-state index in [2.05, 4.69) is 54.5 Å². The maximum Gasteiger partial charge on any atom is 0.222 e. The average molecular weight is 340 g/mol. The Morgan fingerprint density at radius 2 is 2.12 bits per heavy atom. The first-order valence-electron chi connectivity index (χ1n) is 9.07. The molecule has 1 aromatic heterocycles. The number of anilines is 1. The van der Waals surface area contributed by atoms with E-state index >= 15 is 0 Å². The van der Waals surface area contributed by atoms with Crippen molar-refractivity contribution in [1.82, 2.24) is 15.1 Å². The van der Waals surface area contributed by atoms with Gasteiger partial charge in [0.15, 0.2) is 0 Å². The number of hydrogen-bond donors (Lipinski definition) is 2. The number of aromatic amines is 1. The molecule has 0 bridgehead atoms. The molecule has 1 saturated heterocycles. The summed E-state index contributed by atoms with van der Waals surface area (Å²) in [6, 6.07) is 8.34. The minimum absolute atomic E-state index is 0.0456. The molecule has 0 unspecified atom stereocenters. The average Bonchev–Trinajstić information content (AvgIpc) is 3.04. The van der Waals surface area contributed by atoms with Crippen molar-refractivity contribution >= 4 is 11.6 Å². The number of benzene rings is 1. The summed E-state index contributed by atoms with van der Waals surface area (Å²) in [7, 11) is 0. The number of aromatic nitrogens is 2. The maximum absolute atomic E-state index is 12.0. The van der Waals surface area contributed by atoms with Gasteiger partial charge in [0.1, 0.15) is 0 Å². The molecule has 0 aliphatic carbocycles. The van der Waals surface area contributed by atoms with Crippen LogP contribution in [0.5, 0.6) is 0 Å². The maximum atomic E-state index is 12.0. The van der Waals surface area contributed by atoms with Gasteiger partial charge in [0.2, 0.25) is 5.91 Å². The van der Waals surface area contributed by atoms with Gasteiger partial charge in [-0.15, -0.1) is 0 Å². The Morgan fingerprint density at radius 3 is 2.88 bits per heavy atom. The number of likely N-dealkylation sites (tertiary alicyclic amines) is 1. The lowest BCUT2D eigenvalue weighted by atomic mass is 9.89. The molecule has 5 heteroatoms. The Balaban J connectivity index is 1.64. The van der Waals surface area contributed by atoms with Gasteiger partial charge in [-0.3, -0.25) is 9.89 Å². The Morgan fingerprint density at radius 1 is 1.28 bits per heavy atom. The second kappa shape index (κ2) is 7.30. The van der Waals surface area contributed by atoms with Crippen LogP contribution in [0.4, 0.5) is 5.69 Å². The molecule has 2 N–H and O–H groups in total. The molecule has 3 rings (SSSR count). The highest BCUT2D eigenvalue weighted by molar-refractivity contribution is 5.76. The third-order valence-corrected chi connectivity index (χ3v) is 4.67. The second-order valence-corrected chi connectivity index (χ2v) is 7.85. The van der Waals surface area contributed by atoms with E-state index in [1.54, 1.807) is 0 Å². The fourth-order valence-corrected chi connectivity index (χ4v) is 3.32. The van der Waals surface area contributed by atoms with Gasteiger partial charge in [-0.05, 0) is 30.5 Å². The van der Waals surface area contributed by atoms with Crippen LogP contribution in [0.25, 0.3) is 0 Å². The quantitative estimate of drug-likeness (QED) is 0.869. The molecule has 0 radical (unpaired) electrons. The van der Waals surface area contributed by atoms with Crippen molar-refractivity contribution in [2.75, 3.05) is 11.9 Å². The molecule has 0 saturated carbocycles. The second-order valence-electron chi connectivity index (χ2n) is 7.85. The summed E-state index contributed by atoms with van der Waals surface area (Å²) in [6.45, 7) is 8.85. The molecule has 0 spiro atoms. The molecule has 25 heavy (non-hydrogen) atoms. The zero-order valence-corrected chi connectivity index (χ0v) is 15.4. The van der Waals surface area contributed by atoms with Crippen LogP contribution < -0.4 is 5.32 Å². The van der Waals surface area contributed by atoms with E-state index in [1.165, 1.54) is 11.1 Å². The molecule has 134 valence electrons. The number of nitrogens with zero attached hydrogens (tertiary/aromatic N) is 2. The molecule has 2 heterocycles. The van der Waals surface area contributed by atoms with Gasteiger partial charge in [-0.1, -0.05) is 32.9 Å². The lowest BCUT2D eigenvalue weighted by Crippen LogP contribution is -2.34. The van der Waals surface area contributed by atoms with Crippen molar-refractivity contribution in [3.63, 3.8) is 0 Å². The number of carbonyl (C=O) groups excluding carboxylic acids is 1. The van der Waals surface area contributed by atoms with Crippen LogP contribution in [0.1, 0.15) is 56.9 Å². The summed E-state index contributed by atoms with van der Waals surface area (Å²) < 4.78 is 0. The van der Waals surface area contributed by atoms with Crippen LogP contribution in [-0.2, 0) is 23.3 Å². The van der Waals surface area contributed by atoms with Crippen LogP contribution in [0, 0.1) is 0 Å². The molecule has 1 aliphatic rings. The Bertz CT molecular complexity index is 729. The van der Waals surface area contributed by atoms with E-state index < -0.39 is 0 Å². The Kier molecular flexibility index (Phi) is 5.11. The minimum Gasteiger partial charge on any atom is -0.381 e. The van der Waals surface area contributed by atoms with Gasteiger partial charge in [-0.25, -0.2) is 0 Å². The van der Waals surface area contributed by atoms with Crippen LogP contribution in [0.2, 0.25) is 0 Å². The van der Waals surface area contributed by atoms with E-state index in [9.17, 15) is 4.79 Å². The van der Waals surface area contributed by atoms with Crippen molar-refractivity contribution in [2.24, 2.45) is 0 Å². The number of hydrogen-bond acceptors (Lipinski definition) is 3. The molecule has 1 fully saturated rings. The SMILES string of the molecule is CC(C)(C)c1[nH]ncc1CNc1cccc(CN2CCCCC2=O)c1. The molecule has 5 nitrogen and oxygen atoms in total. The van der Waals surface area contributed by atoms with Crippen LogP contribution in [0.3, 0.4) is 0 Å². The van der Waals surface area contributed by atoms with Gasteiger partial charge in [-0.2, -0.15) is 5.10 Å². The van der Waals surface area contributed by atoms with Crippen LogP contribution in [0.15, 0.2) is 30.5 Å². The van der Waals surface area contributed by atoms with Crippen LogP contribution in [-0.4, -0.2) is 27.5 Å². The predicted molar refractivity (Wildman–Crippen MR) is 100 cm³/mol. The van der Waals surface area contributed by atoms with Crippen molar-refractivity contribution in [3.8, 4) is 0 Å². The third kappa shape index (κ3) is 4.41. The van der Waals surface area contributed by atoms with Gasteiger partial charge < -0.3 is 10.2 Å². The Labute approximate surface area is 149 Å². The highest BCUT2D eigenvalue weighted by Gasteiger charge is 2.20. The van der Waals surface area contributed by atoms with E-state index in [-0.39, 0.29) is 11.3 Å². The van der Waals surface area contributed by atoms with E-state index in [0.29, 0.717) is 13.0 Å². The topological polar surface area (TPSA) is 61.0 Å². The summed E-state index contributed by atoms with van der Waals surface area (Å²) in [5, 5.41) is 10.8. The normalized spacial score (nSPS) is 15.5. The minimum atomic E-state index is 0.0456. The number of carbonyl (C=O) groups is 1. The zero-order chi connectivity index (χ0) is 17.9. The van der Waals surface area contributed by atoms with Gasteiger partial charge in [0.25, 0.3) is 0 Å². The smallest absolute Gasteiger partial charge is 0.222 e. The summed E-state index contributed by atoms with van der Waals surface area (Å²) in [4.78, 5) is 14.0. The predicted octanol–water partition coefficient (Wildman–Crippen LogP) is 3.83. The number of amides is 1. The van der Waals surface area contributed by atoms with Crippen molar-refractivity contribution in [3.05, 3.63) is 47.3 Å². The van der Waals surface area contributed by atoms with E-state index in [1.807, 2.05) is 17.2 Å². The highest BCUT2D eigenvalue weighted by atomic mass is 16.2. The number of piperidine rings is 1. The lowest BCUT2D eigenvalue weighted by Gasteiger charge is -2.27. The summed E-state index contributed by atoms with van der Waals surface area (Å²) >= 11 is 0. The van der Waals surface area contributed by atoms with E-state index in [4.69, 9.17) is 0 Å². The van der Waals surface area contributed by atoms with Crippen molar-refractivity contribution in [1.29, 1.82) is 0 Å². The fourth-order valence-electron chi connectivity index (χ4n) is 3.32. The van der Waals surface area contributed by atoms with Gasteiger partial charge in [0.05, 0.1) is 6.20 Å². The van der Waals surface area contributed by atoms with Crippen molar-refractivity contribution in [2.45, 2.75) is 58.5 Å². The highest BCUT2D eigenvalue weighted by Crippen LogP contribution is 2.24. The first-order valence-corrected chi connectivity index (χ1v) is 9.07. The molecular weight excluding hydrogens is 312 g/mol. The molecule has 0 atom stereocenters.